The Labute approximate surface area is 119 Å². The highest BCUT2D eigenvalue weighted by atomic mass is 35.5. The van der Waals surface area contributed by atoms with Gasteiger partial charge in [-0.15, -0.1) is 0 Å². The van der Waals surface area contributed by atoms with Crippen LogP contribution in [0.25, 0.3) is 0 Å². The highest BCUT2D eigenvalue weighted by Crippen LogP contribution is 2.20. The summed E-state index contributed by atoms with van der Waals surface area (Å²) in [6, 6.07) is 6.65. The molecule has 0 fully saturated rings. The molecule has 5 heteroatoms. The molecule has 1 aromatic rings. The van der Waals surface area contributed by atoms with Crippen LogP contribution in [0.1, 0.15) is 26.7 Å². The first-order chi connectivity index (χ1) is 9.08. The Morgan fingerprint density at radius 3 is 2.53 bits per heavy atom. The summed E-state index contributed by atoms with van der Waals surface area (Å²) >= 11 is 5.93. The predicted octanol–water partition coefficient (Wildman–Crippen LogP) is 3.26. The molecule has 0 aliphatic carbocycles. The van der Waals surface area contributed by atoms with Crippen molar-refractivity contribution in [3.05, 3.63) is 29.3 Å². The zero-order valence-electron chi connectivity index (χ0n) is 11.3. The lowest BCUT2D eigenvalue weighted by Crippen LogP contribution is -2.38. The summed E-state index contributed by atoms with van der Waals surface area (Å²) in [5.74, 6) is 0.209. The SMILES string of the molecule is CCC(CC)C(O)CNC(=O)Nc1ccccc1Cl. The number of hydrogen-bond donors (Lipinski definition) is 3. The third-order valence-corrected chi connectivity index (χ3v) is 3.52. The van der Waals surface area contributed by atoms with Gasteiger partial charge in [0.05, 0.1) is 16.8 Å². The molecule has 106 valence electrons. The van der Waals surface area contributed by atoms with Gasteiger partial charge in [0.2, 0.25) is 0 Å². The highest BCUT2D eigenvalue weighted by Gasteiger charge is 2.16. The van der Waals surface area contributed by atoms with Crippen molar-refractivity contribution in [1.29, 1.82) is 0 Å². The number of hydrogen-bond acceptors (Lipinski definition) is 2. The van der Waals surface area contributed by atoms with Crippen LogP contribution >= 0.6 is 11.6 Å². The maximum atomic E-state index is 11.7. The molecule has 0 aliphatic heterocycles. The van der Waals surface area contributed by atoms with E-state index in [-0.39, 0.29) is 18.5 Å². The molecule has 3 N–H and O–H groups in total. The molecular formula is C14H21ClN2O2. The standard InChI is InChI=1S/C14H21ClN2O2/c1-3-10(4-2)13(18)9-16-14(19)17-12-8-6-5-7-11(12)15/h5-8,10,13,18H,3-4,9H2,1-2H3,(H2,16,17,19). The van der Waals surface area contributed by atoms with Crippen molar-refractivity contribution in [3.8, 4) is 0 Å². The summed E-state index contributed by atoms with van der Waals surface area (Å²) in [6.45, 7) is 4.30. The maximum Gasteiger partial charge on any atom is 0.319 e. The highest BCUT2D eigenvalue weighted by molar-refractivity contribution is 6.33. The summed E-state index contributed by atoms with van der Waals surface area (Å²) in [7, 11) is 0. The number of halogens is 1. The molecule has 0 saturated heterocycles. The van der Waals surface area contributed by atoms with Crippen LogP contribution in [-0.2, 0) is 0 Å². The number of anilines is 1. The number of carbonyl (C=O) groups is 1. The first-order valence-corrected chi connectivity index (χ1v) is 6.93. The van der Waals surface area contributed by atoms with Gasteiger partial charge >= 0.3 is 6.03 Å². The van der Waals surface area contributed by atoms with Gasteiger partial charge in [-0.1, -0.05) is 50.4 Å². The molecule has 1 unspecified atom stereocenters. The van der Waals surface area contributed by atoms with Crippen LogP contribution in [0.3, 0.4) is 0 Å². The number of urea groups is 1. The smallest absolute Gasteiger partial charge is 0.319 e. The minimum atomic E-state index is -0.521. The van der Waals surface area contributed by atoms with E-state index < -0.39 is 6.10 Å². The molecule has 1 aromatic carbocycles. The average molecular weight is 285 g/mol. The van der Waals surface area contributed by atoms with Gasteiger partial charge in [-0.2, -0.15) is 0 Å². The molecule has 2 amide bonds. The van der Waals surface area contributed by atoms with Gasteiger partial charge in [0.1, 0.15) is 0 Å². The second-order valence-electron chi connectivity index (χ2n) is 4.46. The molecule has 0 aromatic heterocycles. The molecule has 0 bridgehead atoms. The predicted molar refractivity (Wildman–Crippen MR) is 78.6 cm³/mol. The van der Waals surface area contributed by atoms with Gasteiger partial charge < -0.3 is 15.7 Å². The molecular weight excluding hydrogens is 264 g/mol. The largest absolute Gasteiger partial charge is 0.391 e. The molecule has 1 rings (SSSR count). The molecule has 4 nitrogen and oxygen atoms in total. The third kappa shape index (κ3) is 5.09. The Bertz CT molecular complexity index is 408. The van der Waals surface area contributed by atoms with E-state index in [9.17, 15) is 9.90 Å². The third-order valence-electron chi connectivity index (χ3n) is 3.19. The number of carbonyl (C=O) groups excluding carboxylic acids is 1. The molecule has 19 heavy (non-hydrogen) atoms. The fourth-order valence-electron chi connectivity index (χ4n) is 1.93. The summed E-state index contributed by atoms with van der Waals surface area (Å²) in [4.78, 5) is 11.7. The number of aliphatic hydroxyl groups is 1. The van der Waals surface area contributed by atoms with Gasteiger partial charge in [-0.05, 0) is 18.1 Å². The summed E-state index contributed by atoms with van der Waals surface area (Å²) in [5.41, 5.74) is 0.554. The Hall–Kier alpha value is -1.26. The Balaban J connectivity index is 2.42. The molecule has 0 spiro atoms. The van der Waals surface area contributed by atoms with Crippen LogP contribution in [0.5, 0.6) is 0 Å². The molecule has 0 radical (unpaired) electrons. The second kappa shape index (κ2) is 8.02. The number of amides is 2. The van der Waals surface area contributed by atoms with Crippen LogP contribution in [0.15, 0.2) is 24.3 Å². The summed E-state index contributed by atoms with van der Waals surface area (Å²) in [6.07, 6.45) is 1.27. The minimum absolute atomic E-state index is 0.209. The van der Waals surface area contributed by atoms with Crippen LogP contribution in [0.2, 0.25) is 5.02 Å². The van der Waals surface area contributed by atoms with Crippen molar-refractivity contribution in [2.24, 2.45) is 5.92 Å². The van der Waals surface area contributed by atoms with E-state index in [1.54, 1.807) is 24.3 Å². The summed E-state index contributed by atoms with van der Waals surface area (Å²) in [5, 5.41) is 15.7. The van der Waals surface area contributed by atoms with E-state index >= 15 is 0 Å². The number of rotatable bonds is 6. The van der Waals surface area contributed by atoms with Crippen molar-refractivity contribution < 1.29 is 9.90 Å². The lowest BCUT2D eigenvalue weighted by atomic mass is 9.97. The van der Waals surface area contributed by atoms with E-state index in [0.29, 0.717) is 10.7 Å². The number of aliphatic hydroxyl groups excluding tert-OH is 1. The molecule has 0 heterocycles. The zero-order chi connectivity index (χ0) is 14.3. The van der Waals surface area contributed by atoms with E-state index in [1.807, 2.05) is 13.8 Å². The normalized spacial score (nSPS) is 12.3. The Morgan fingerprint density at radius 1 is 1.32 bits per heavy atom. The lowest BCUT2D eigenvalue weighted by molar-refractivity contribution is 0.104. The second-order valence-corrected chi connectivity index (χ2v) is 4.87. The van der Waals surface area contributed by atoms with Gasteiger partial charge in [-0.25, -0.2) is 4.79 Å². The van der Waals surface area contributed by atoms with Gasteiger partial charge in [-0.3, -0.25) is 0 Å². The quantitative estimate of drug-likeness (QED) is 0.751. The molecule has 0 saturated carbocycles. The summed E-state index contributed by atoms with van der Waals surface area (Å²) < 4.78 is 0. The lowest BCUT2D eigenvalue weighted by Gasteiger charge is -2.20. The fraction of sp³-hybridized carbons (Fsp3) is 0.500. The van der Waals surface area contributed by atoms with Crippen LogP contribution in [-0.4, -0.2) is 23.8 Å². The Kier molecular flexibility index (Phi) is 6.67. The van der Waals surface area contributed by atoms with Crippen LogP contribution < -0.4 is 10.6 Å². The van der Waals surface area contributed by atoms with E-state index in [2.05, 4.69) is 10.6 Å². The van der Waals surface area contributed by atoms with E-state index in [1.165, 1.54) is 0 Å². The van der Waals surface area contributed by atoms with Crippen molar-refractivity contribution in [2.45, 2.75) is 32.8 Å². The fourth-order valence-corrected chi connectivity index (χ4v) is 2.11. The van der Waals surface area contributed by atoms with Gasteiger partial charge in [0, 0.05) is 6.54 Å². The van der Waals surface area contributed by atoms with Crippen LogP contribution in [0.4, 0.5) is 10.5 Å². The molecule has 1 atom stereocenters. The molecule has 0 aliphatic rings. The monoisotopic (exact) mass is 284 g/mol. The topological polar surface area (TPSA) is 61.4 Å². The maximum absolute atomic E-state index is 11.7. The average Bonchev–Trinajstić information content (AvgIpc) is 2.40. The zero-order valence-corrected chi connectivity index (χ0v) is 12.1. The van der Waals surface area contributed by atoms with Crippen molar-refractivity contribution in [3.63, 3.8) is 0 Å². The number of para-hydroxylation sites is 1. The van der Waals surface area contributed by atoms with Crippen molar-refractivity contribution in [2.75, 3.05) is 11.9 Å². The Morgan fingerprint density at radius 2 is 1.95 bits per heavy atom. The minimum Gasteiger partial charge on any atom is -0.391 e. The van der Waals surface area contributed by atoms with Gasteiger partial charge in [0.15, 0.2) is 0 Å². The number of nitrogens with one attached hydrogen (secondary N) is 2. The van der Waals surface area contributed by atoms with Gasteiger partial charge in [0.25, 0.3) is 0 Å². The van der Waals surface area contributed by atoms with Crippen LogP contribution in [0, 0.1) is 5.92 Å². The first kappa shape index (κ1) is 15.8. The van der Waals surface area contributed by atoms with E-state index in [0.717, 1.165) is 12.8 Å². The first-order valence-electron chi connectivity index (χ1n) is 6.55. The van der Waals surface area contributed by atoms with Crippen molar-refractivity contribution in [1.82, 2.24) is 5.32 Å². The van der Waals surface area contributed by atoms with Crippen molar-refractivity contribution >= 4 is 23.3 Å². The number of benzene rings is 1. The van der Waals surface area contributed by atoms with E-state index in [4.69, 9.17) is 11.6 Å².